The number of nitrogens with zero attached hydrogens (tertiary/aromatic N) is 2. The molecule has 19 heavy (non-hydrogen) atoms. The van der Waals surface area contributed by atoms with Crippen LogP contribution in [0.25, 0.3) is 0 Å². The van der Waals surface area contributed by atoms with Crippen LogP contribution >= 0.6 is 0 Å². The summed E-state index contributed by atoms with van der Waals surface area (Å²) in [7, 11) is 2.02. The third kappa shape index (κ3) is 3.04. The molecule has 3 nitrogen and oxygen atoms in total. The van der Waals surface area contributed by atoms with Crippen molar-refractivity contribution in [3.8, 4) is 0 Å². The fourth-order valence-electron chi connectivity index (χ4n) is 2.50. The van der Waals surface area contributed by atoms with Crippen molar-refractivity contribution in [2.75, 3.05) is 7.05 Å². The quantitative estimate of drug-likeness (QED) is 0.891. The molecule has 0 saturated heterocycles. The third-order valence-corrected chi connectivity index (χ3v) is 3.56. The maximum atomic E-state index is 4.45. The Kier molecular flexibility index (Phi) is 4.38. The Hall–Kier alpha value is -1.61. The summed E-state index contributed by atoms with van der Waals surface area (Å²) in [5, 5.41) is 3.41. The molecule has 1 aromatic heterocycles. The number of rotatable bonds is 5. The molecular weight excluding hydrogens is 234 g/mol. The van der Waals surface area contributed by atoms with Crippen molar-refractivity contribution >= 4 is 0 Å². The summed E-state index contributed by atoms with van der Waals surface area (Å²) in [5.74, 6) is 1.60. The molecule has 0 radical (unpaired) electrons. The molecule has 1 N–H and O–H groups in total. The lowest BCUT2D eigenvalue weighted by atomic mass is 10.0. The number of likely N-dealkylation sites (N-methyl/N-ethyl adjacent to an activating group) is 1. The molecule has 3 heteroatoms. The van der Waals surface area contributed by atoms with E-state index >= 15 is 0 Å². The first-order valence-electron chi connectivity index (χ1n) is 6.87. The minimum Gasteiger partial charge on any atom is -0.333 e. The normalized spacial score (nSPS) is 12.9. The van der Waals surface area contributed by atoms with Crippen molar-refractivity contribution in [2.24, 2.45) is 0 Å². The van der Waals surface area contributed by atoms with E-state index in [-0.39, 0.29) is 0 Å². The Morgan fingerprint density at radius 3 is 2.63 bits per heavy atom. The number of imidazole rings is 1. The van der Waals surface area contributed by atoms with Gasteiger partial charge in [0.2, 0.25) is 0 Å². The van der Waals surface area contributed by atoms with Crippen LogP contribution in [0.2, 0.25) is 0 Å². The average molecular weight is 257 g/mol. The first-order valence-corrected chi connectivity index (χ1v) is 6.87. The molecule has 0 aliphatic heterocycles. The summed E-state index contributed by atoms with van der Waals surface area (Å²) in [6.45, 7) is 7.44. The molecule has 1 atom stereocenters. The molecule has 0 aliphatic carbocycles. The van der Waals surface area contributed by atoms with Gasteiger partial charge < -0.3 is 9.88 Å². The molecule has 0 spiro atoms. The van der Waals surface area contributed by atoms with Crippen LogP contribution in [0.15, 0.2) is 36.7 Å². The van der Waals surface area contributed by atoms with Crippen molar-refractivity contribution in [2.45, 2.75) is 39.3 Å². The van der Waals surface area contributed by atoms with Gasteiger partial charge in [0.05, 0.1) is 6.04 Å². The zero-order chi connectivity index (χ0) is 13.8. The van der Waals surface area contributed by atoms with Crippen molar-refractivity contribution < 1.29 is 0 Å². The van der Waals surface area contributed by atoms with E-state index in [1.54, 1.807) is 0 Å². The summed E-state index contributed by atoms with van der Waals surface area (Å²) in [4.78, 5) is 4.45. The van der Waals surface area contributed by atoms with E-state index in [9.17, 15) is 0 Å². The van der Waals surface area contributed by atoms with E-state index in [0.29, 0.717) is 12.0 Å². The Morgan fingerprint density at radius 2 is 2.00 bits per heavy atom. The van der Waals surface area contributed by atoms with Crippen molar-refractivity contribution in [1.82, 2.24) is 14.9 Å². The summed E-state index contributed by atoms with van der Waals surface area (Å²) >= 11 is 0. The van der Waals surface area contributed by atoms with Gasteiger partial charge in [0.1, 0.15) is 5.82 Å². The SMILES string of the molecule is CNC(Cn1ccnc1C(C)C)c1ccccc1C. The molecule has 1 heterocycles. The maximum absolute atomic E-state index is 4.45. The Balaban J connectivity index is 2.25. The van der Waals surface area contributed by atoms with Gasteiger partial charge >= 0.3 is 0 Å². The zero-order valence-corrected chi connectivity index (χ0v) is 12.2. The average Bonchev–Trinajstić information content (AvgIpc) is 2.85. The van der Waals surface area contributed by atoms with Gasteiger partial charge in [-0.25, -0.2) is 4.98 Å². The first-order chi connectivity index (χ1) is 9.13. The minimum absolute atomic E-state index is 0.313. The summed E-state index contributed by atoms with van der Waals surface area (Å²) in [6.07, 6.45) is 3.96. The van der Waals surface area contributed by atoms with Crippen LogP contribution < -0.4 is 5.32 Å². The van der Waals surface area contributed by atoms with Crippen LogP contribution in [0.3, 0.4) is 0 Å². The van der Waals surface area contributed by atoms with Gasteiger partial charge in [-0.3, -0.25) is 0 Å². The standard InChI is InChI=1S/C16H23N3/c1-12(2)16-18-9-10-19(16)11-15(17-4)14-8-6-5-7-13(14)3/h5-10,12,15,17H,11H2,1-4H3. The highest BCUT2D eigenvalue weighted by Gasteiger charge is 2.15. The van der Waals surface area contributed by atoms with E-state index in [1.165, 1.54) is 11.1 Å². The second-order valence-corrected chi connectivity index (χ2v) is 5.29. The lowest BCUT2D eigenvalue weighted by Gasteiger charge is -2.21. The molecule has 0 aliphatic rings. The summed E-state index contributed by atoms with van der Waals surface area (Å²) in [6, 6.07) is 8.86. The van der Waals surface area contributed by atoms with Crippen molar-refractivity contribution in [3.05, 3.63) is 53.6 Å². The Bertz CT molecular complexity index is 528. The molecule has 0 saturated carbocycles. The van der Waals surface area contributed by atoms with Gasteiger partial charge in [-0.05, 0) is 25.1 Å². The van der Waals surface area contributed by atoms with Crippen molar-refractivity contribution in [1.29, 1.82) is 0 Å². The largest absolute Gasteiger partial charge is 0.333 e. The van der Waals surface area contributed by atoms with Gasteiger partial charge in [-0.1, -0.05) is 38.1 Å². The van der Waals surface area contributed by atoms with Crippen molar-refractivity contribution in [3.63, 3.8) is 0 Å². The van der Waals surface area contributed by atoms with Gasteiger partial charge in [-0.15, -0.1) is 0 Å². The van der Waals surface area contributed by atoms with Gasteiger partial charge in [0.25, 0.3) is 0 Å². The zero-order valence-electron chi connectivity index (χ0n) is 12.2. The van der Waals surface area contributed by atoms with Crippen LogP contribution in [0.1, 0.15) is 42.8 Å². The molecule has 1 unspecified atom stereocenters. The van der Waals surface area contributed by atoms with E-state index in [2.05, 4.69) is 66.1 Å². The smallest absolute Gasteiger partial charge is 0.111 e. The fourth-order valence-corrected chi connectivity index (χ4v) is 2.50. The highest BCUT2D eigenvalue weighted by Crippen LogP contribution is 2.21. The molecule has 0 amide bonds. The predicted octanol–water partition coefficient (Wildman–Crippen LogP) is 3.28. The van der Waals surface area contributed by atoms with Gasteiger partial charge in [-0.2, -0.15) is 0 Å². The van der Waals surface area contributed by atoms with Gasteiger partial charge in [0.15, 0.2) is 0 Å². The predicted molar refractivity (Wildman–Crippen MR) is 79.3 cm³/mol. The highest BCUT2D eigenvalue weighted by atomic mass is 15.1. The van der Waals surface area contributed by atoms with Crippen LogP contribution in [0.5, 0.6) is 0 Å². The topological polar surface area (TPSA) is 29.9 Å². The minimum atomic E-state index is 0.313. The first kappa shape index (κ1) is 13.8. The number of hydrogen-bond donors (Lipinski definition) is 1. The lowest BCUT2D eigenvalue weighted by Crippen LogP contribution is -2.23. The summed E-state index contributed by atoms with van der Waals surface area (Å²) < 4.78 is 2.25. The molecule has 2 rings (SSSR count). The molecule has 102 valence electrons. The number of benzene rings is 1. The molecule has 0 fully saturated rings. The van der Waals surface area contributed by atoms with E-state index in [0.717, 1.165) is 12.4 Å². The van der Waals surface area contributed by atoms with Crippen LogP contribution in [-0.2, 0) is 6.54 Å². The second-order valence-electron chi connectivity index (χ2n) is 5.29. The lowest BCUT2D eigenvalue weighted by molar-refractivity contribution is 0.480. The maximum Gasteiger partial charge on any atom is 0.111 e. The van der Waals surface area contributed by atoms with E-state index < -0.39 is 0 Å². The Labute approximate surface area is 115 Å². The number of hydrogen-bond acceptors (Lipinski definition) is 2. The van der Waals surface area contributed by atoms with Crippen LogP contribution in [0, 0.1) is 6.92 Å². The molecular formula is C16H23N3. The van der Waals surface area contributed by atoms with Crippen LogP contribution in [-0.4, -0.2) is 16.6 Å². The molecule has 1 aromatic carbocycles. The molecule has 0 bridgehead atoms. The van der Waals surface area contributed by atoms with E-state index in [1.807, 2.05) is 13.2 Å². The van der Waals surface area contributed by atoms with Crippen LogP contribution in [0.4, 0.5) is 0 Å². The fraction of sp³-hybridized carbons (Fsp3) is 0.438. The highest BCUT2D eigenvalue weighted by molar-refractivity contribution is 5.28. The number of aromatic nitrogens is 2. The third-order valence-electron chi connectivity index (χ3n) is 3.56. The molecule has 2 aromatic rings. The summed E-state index contributed by atoms with van der Waals surface area (Å²) in [5.41, 5.74) is 2.68. The van der Waals surface area contributed by atoms with Gasteiger partial charge in [0, 0.05) is 24.9 Å². The Morgan fingerprint density at radius 1 is 1.26 bits per heavy atom. The van der Waals surface area contributed by atoms with E-state index in [4.69, 9.17) is 0 Å². The number of nitrogens with one attached hydrogen (secondary N) is 1. The monoisotopic (exact) mass is 257 g/mol. The second kappa shape index (κ2) is 6.02. The number of aryl methyl sites for hydroxylation is 1.